The summed E-state index contributed by atoms with van der Waals surface area (Å²) in [6.07, 6.45) is 7.47. The number of rotatable bonds is 4. The van der Waals surface area contributed by atoms with Gasteiger partial charge < -0.3 is 5.32 Å². The summed E-state index contributed by atoms with van der Waals surface area (Å²) in [5, 5.41) is 3.66. The molecule has 0 aliphatic heterocycles. The first-order valence-corrected chi connectivity index (χ1v) is 7.55. The third kappa shape index (κ3) is 4.07. The Labute approximate surface area is 109 Å². The van der Waals surface area contributed by atoms with Crippen molar-refractivity contribution in [3.63, 3.8) is 0 Å². The van der Waals surface area contributed by atoms with E-state index < -0.39 is 0 Å². The van der Waals surface area contributed by atoms with Crippen LogP contribution in [0.3, 0.4) is 0 Å². The van der Waals surface area contributed by atoms with Crippen molar-refractivity contribution >= 4 is 11.3 Å². The molecule has 1 heterocycles. The van der Waals surface area contributed by atoms with E-state index in [4.69, 9.17) is 0 Å². The molecule has 3 heteroatoms. The van der Waals surface area contributed by atoms with Crippen LogP contribution in [-0.4, -0.2) is 17.1 Å². The Morgan fingerprint density at radius 1 is 1.35 bits per heavy atom. The largest absolute Gasteiger partial charge is 0.312 e. The molecule has 0 saturated heterocycles. The second-order valence-electron chi connectivity index (χ2n) is 6.25. The molecular formula is C14H24N2S. The lowest BCUT2D eigenvalue weighted by Gasteiger charge is -2.26. The molecule has 1 aromatic heterocycles. The van der Waals surface area contributed by atoms with Gasteiger partial charge in [-0.3, -0.25) is 4.98 Å². The zero-order valence-corrected chi connectivity index (χ0v) is 12.0. The van der Waals surface area contributed by atoms with Gasteiger partial charge in [0, 0.05) is 16.6 Å². The smallest absolute Gasteiger partial charge is 0.0794 e. The minimum absolute atomic E-state index is 0.248. The van der Waals surface area contributed by atoms with Crippen LogP contribution in [0.25, 0.3) is 0 Å². The SMILES string of the molecule is CC(C)(C)NCC1CCCC1Cc1cncs1. The highest BCUT2D eigenvalue weighted by Crippen LogP contribution is 2.34. The molecule has 2 unspecified atom stereocenters. The Morgan fingerprint density at radius 3 is 2.76 bits per heavy atom. The van der Waals surface area contributed by atoms with E-state index in [1.54, 1.807) is 11.3 Å². The number of hydrogen-bond donors (Lipinski definition) is 1. The van der Waals surface area contributed by atoms with Gasteiger partial charge >= 0.3 is 0 Å². The van der Waals surface area contributed by atoms with Crippen LogP contribution in [-0.2, 0) is 6.42 Å². The Balaban J connectivity index is 1.85. The third-order valence-electron chi connectivity index (χ3n) is 3.66. The highest BCUT2D eigenvalue weighted by Gasteiger charge is 2.28. The molecule has 0 radical (unpaired) electrons. The van der Waals surface area contributed by atoms with Crippen molar-refractivity contribution in [1.82, 2.24) is 10.3 Å². The molecule has 0 aromatic carbocycles. The Hall–Kier alpha value is -0.410. The standard InChI is InChI=1S/C14H24N2S/c1-14(2,3)16-8-12-6-4-5-11(12)7-13-9-15-10-17-13/h9-12,16H,4-8H2,1-3H3. The summed E-state index contributed by atoms with van der Waals surface area (Å²) in [4.78, 5) is 5.63. The van der Waals surface area contributed by atoms with Gasteiger partial charge in [-0.25, -0.2) is 0 Å². The van der Waals surface area contributed by atoms with Gasteiger partial charge in [0.15, 0.2) is 0 Å². The van der Waals surface area contributed by atoms with Gasteiger partial charge in [-0.15, -0.1) is 11.3 Å². The first-order valence-electron chi connectivity index (χ1n) is 6.67. The van der Waals surface area contributed by atoms with Crippen LogP contribution in [0.4, 0.5) is 0 Å². The molecule has 1 aromatic rings. The molecule has 0 amide bonds. The van der Waals surface area contributed by atoms with E-state index in [1.807, 2.05) is 11.7 Å². The average molecular weight is 252 g/mol. The van der Waals surface area contributed by atoms with Gasteiger partial charge in [0.2, 0.25) is 0 Å². The van der Waals surface area contributed by atoms with Crippen molar-refractivity contribution < 1.29 is 0 Å². The van der Waals surface area contributed by atoms with E-state index in [0.717, 1.165) is 11.8 Å². The zero-order chi connectivity index (χ0) is 12.3. The summed E-state index contributed by atoms with van der Waals surface area (Å²) in [6, 6.07) is 0. The summed E-state index contributed by atoms with van der Waals surface area (Å²) in [6.45, 7) is 7.92. The number of aromatic nitrogens is 1. The molecule has 1 aliphatic rings. The van der Waals surface area contributed by atoms with Crippen molar-refractivity contribution in [3.8, 4) is 0 Å². The molecule has 17 heavy (non-hydrogen) atoms. The molecule has 2 nitrogen and oxygen atoms in total. The van der Waals surface area contributed by atoms with Crippen molar-refractivity contribution in [2.75, 3.05) is 6.54 Å². The predicted molar refractivity (Wildman–Crippen MR) is 74.4 cm³/mol. The molecule has 1 fully saturated rings. The van der Waals surface area contributed by atoms with Crippen LogP contribution >= 0.6 is 11.3 Å². The maximum atomic E-state index is 4.18. The lowest BCUT2D eigenvalue weighted by molar-refractivity contribution is 0.318. The van der Waals surface area contributed by atoms with Crippen LogP contribution in [0.2, 0.25) is 0 Å². The van der Waals surface area contributed by atoms with Crippen LogP contribution < -0.4 is 5.32 Å². The fraction of sp³-hybridized carbons (Fsp3) is 0.786. The van der Waals surface area contributed by atoms with Crippen molar-refractivity contribution in [3.05, 3.63) is 16.6 Å². The summed E-state index contributed by atoms with van der Waals surface area (Å²) in [5.41, 5.74) is 2.20. The number of thiazole rings is 1. The fourth-order valence-corrected chi connectivity index (χ4v) is 3.38. The van der Waals surface area contributed by atoms with Gasteiger partial charge in [0.1, 0.15) is 0 Å². The first kappa shape index (κ1) is 13.0. The highest BCUT2D eigenvalue weighted by molar-refractivity contribution is 7.09. The van der Waals surface area contributed by atoms with E-state index >= 15 is 0 Å². The summed E-state index contributed by atoms with van der Waals surface area (Å²) >= 11 is 1.80. The zero-order valence-electron chi connectivity index (χ0n) is 11.2. The van der Waals surface area contributed by atoms with Gasteiger partial charge in [-0.2, -0.15) is 0 Å². The lowest BCUT2D eigenvalue weighted by Crippen LogP contribution is -2.40. The van der Waals surface area contributed by atoms with Crippen molar-refractivity contribution in [1.29, 1.82) is 0 Å². The maximum Gasteiger partial charge on any atom is 0.0794 e. The summed E-state index contributed by atoms with van der Waals surface area (Å²) in [7, 11) is 0. The number of hydrogen-bond acceptors (Lipinski definition) is 3. The van der Waals surface area contributed by atoms with E-state index in [0.29, 0.717) is 0 Å². The molecule has 1 N–H and O–H groups in total. The van der Waals surface area contributed by atoms with E-state index in [-0.39, 0.29) is 5.54 Å². The fourth-order valence-electron chi connectivity index (χ4n) is 2.69. The third-order valence-corrected chi connectivity index (χ3v) is 4.46. The van der Waals surface area contributed by atoms with Crippen molar-refractivity contribution in [2.45, 2.75) is 52.0 Å². The van der Waals surface area contributed by atoms with Crippen LogP contribution in [0.1, 0.15) is 44.9 Å². The van der Waals surface area contributed by atoms with Crippen LogP contribution in [0.5, 0.6) is 0 Å². The normalized spacial score (nSPS) is 25.4. The van der Waals surface area contributed by atoms with Gasteiger partial charge in [-0.05, 0) is 58.4 Å². The quantitative estimate of drug-likeness (QED) is 0.887. The lowest BCUT2D eigenvalue weighted by atomic mass is 9.91. The summed E-state index contributed by atoms with van der Waals surface area (Å²) in [5.74, 6) is 1.72. The number of nitrogens with one attached hydrogen (secondary N) is 1. The molecule has 0 bridgehead atoms. The van der Waals surface area contributed by atoms with E-state index in [2.05, 4.69) is 31.1 Å². The molecular weight excluding hydrogens is 228 g/mol. The monoisotopic (exact) mass is 252 g/mol. The van der Waals surface area contributed by atoms with Crippen molar-refractivity contribution in [2.24, 2.45) is 11.8 Å². The van der Waals surface area contributed by atoms with Crippen LogP contribution in [0, 0.1) is 11.8 Å². The minimum atomic E-state index is 0.248. The van der Waals surface area contributed by atoms with Gasteiger partial charge in [0.25, 0.3) is 0 Å². The Kier molecular flexibility index (Phi) is 4.21. The Bertz CT molecular complexity index is 326. The molecule has 96 valence electrons. The summed E-state index contributed by atoms with van der Waals surface area (Å²) < 4.78 is 0. The molecule has 2 rings (SSSR count). The molecule has 2 atom stereocenters. The number of nitrogens with zero attached hydrogens (tertiary/aromatic N) is 1. The molecule has 1 saturated carbocycles. The van der Waals surface area contributed by atoms with Crippen LogP contribution in [0.15, 0.2) is 11.7 Å². The van der Waals surface area contributed by atoms with Gasteiger partial charge in [0.05, 0.1) is 5.51 Å². The van der Waals surface area contributed by atoms with E-state index in [9.17, 15) is 0 Å². The minimum Gasteiger partial charge on any atom is -0.312 e. The topological polar surface area (TPSA) is 24.9 Å². The predicted octanol–water partition coefficient (Wildman–Crippen LogP) is 3.49. The highest BCUT2D eigenvalue weighted by atomic mass is 32.1. The van der Waals surface area contributed by atoms with Gasteiger partial charge in [-0.1, -0.05) is 6.42 Å². The first-order chi connectivity index (χ1) is 8.04. The maximum absolute atomic E-state index is 4.18. The second kappa shape index (κ2) is 5.49. The van der Waals surface area contributed by atoms with E-state index in [1.165, 1.54) is 37.1 Å². The Morgan fingerprint density at radius 2 is 2.12 bits per heavy atom. The molecule has 0 spiro atoms. The average Bonchev–Trinajstić information content (AvgIpc) is 2.86. The second-order valence-corrected chi connectivity index (χ2v) is 7.22. The molecule has 1 aliphatic carbocycles.